The van der Waals surface area contributed by atoms with Gasteiger partial charge in [0.25, 0.3) is 0 Å². The molecule has 6 nitrogen and oxygen atoms in total. The Kier molecular flexibility index (Phi) is 6.97. The summed E-state index contributed by atoms with van der Waals surface area (Å²) in [5.74, 6) is 2.28. The van der Waals surface area contributed by atoms with Crippen LogP contribution in [0.4, 0.5) is 0 Å². The van der Waals surface area contributed by atoms with Crippen molar-refractivity contribution in [1.82, 2.24) is 20.4 Å². The molecule has 1 atom stereocenters. The van der Waals surface area contributed by atoms with Gasteiger partial charge in [0.15, 0.2) is 0 Å². The van der Waals surface area contributed by atoms with Crippen LogP contribution in [0.25, 0.3) is 10.7 Å². The molecule has 1 N–H and O–H groups in total. The van der Waals surface area contributed by atoms with Crippen LogP contribution < -0.4 is 5.32 Å². The monoisotopic (exact) mass is 428 g/mol. The first kappa shape index (κ1) is 20.1. The van der Waals surface area contributed by atoms with Crippen molar-refractivity contribution in [3.8, 4) is 10.7 Å². The van der Waals surface area contributed by atoms with Crippen molar-refractivity contribution in [2.24, 2.45) is 5.92 Å². The molecule has 3 heterocycles. The van der Waals surface area contributed by atoms with E-state index in [9.17, 15) is 4.79 Å². The molecular formula is C21H24N4O2S2. The molecule has 0 bridgehead atoms. The summed E-state index contributed by atoms with van der Waals surface area (Å²) in [5.41, 5.74) is 0. The highest BCUT2D eigenvalue weighted by molar-refractivity contribution is 7.99. The van der Waals surface area contributed by atoms with E-state index in [0.717, 1.165) is 36.6 Å². The lowest BCUT2D eigenvalue weighted by Gasteiger charge is -2.30. The highest BCUT2D eigenvalue weighted by Crippen LogP contribution is 2.23. The molecule has 4 rings (SSSR count). The Morgan fingerprint density at radius 2 is 2.17 bits per heavy atom. The molecule has 1 fully saturated rings. The van der Waals surface area contributed by atoms with E-state index in [1.54, 1.807) is 23.1 Å². The lowest BCUT2D eigenvalue weighted by Crippen LogP contribution is -2.43. The number of likely N-dealkylation sites (tertiary alicyclic amines) is 1. The van der Waals surface area contributed by atoms with Gasteiger partial charge in [0.2, 0.25) is 17.6 Å². The maximum Gasteiger partial charge on any atom is 0.241 e. The number of hydrogen-bond donors (Lipinski definition) is 1. The van der Waals surface area contributed by atoms with E-state index in [4.69, 9.17) is 4.52 Å². The number of nitrogens with zero attached hydrogens (tertiary/aromatic N) is 3. The highest BCUT2D eigenvalue weighted by Gasteiger charge is 2.26. The zero-order valence-corrected chi connectivity index (χ0v) is 17.8. The van der Waals surface area contributed by atoms with E-state index in [1.165, 1.54) is 4.90 Å². The van der Waals surface area contributed by atoms with Crippen molar-refractivity contribution in [2.45, 2.75) is 24.3 Å². The van der Waals surface area contributed by atoms with Gasteiger partial charge >= 0.3 is 0 Å². The quantitative estimate of drug-likeness (QED) is 0.433. The summed E-state index contributed by atoms with van der Waals surface area (Å²) in [6, 6.07) is 14.2. The normalized spacial score (nSPS) is 17.3. The molecule has 2 aromatic heterocycles. The number of thioether (sulfide) groups is 1. The third-order valence-electron chi connectivity index (χ3n) is 4.86. The van der Waals surface area contributed by atoms with Gasteiger partial charge in [0, 0.05) is 23.7 Å². The minimum atomic E-state index is 0.0187. The average Bonchev–Trinajstić information content (AvgIpc) is 3.44. The van der Waals surface area contributed by atoms with Crippen LogP contribution in [-0.4, -0.2) is 46.3 Å². The molecule has 1 amide bonds. The van der Waals surface area contributed by atoms with E-state index in [1.807, 2.05) is 35.7 Å². The third-order valence-corrected chi connectivity index (χ3v) is 6.74. The van der Waals surface area contributed by atoms with Gasteiger partial charge in [0.05, 0.1) is 17.3 Å². The topological polar surface area (TPSA) is 71.3 Å². The predicted octanol–water partition coefficient (Wildman–Crippen LogP) is 3.92. The van der Waals surface area contributed by atoms with Crippen molar-refractivity contribution in [1.29, 1.82) is 0 Å². The van der Waals surface area contributed by atoms with E-state index < -0.39 is 0 Å². The second-order valence-corrected chi connectivity index (χ2v) is 9.13. The number of aromatic nitrogens is 2. The average molecular weight is 429 g/mol. The molecule has 0 saturated carbocycles. The van der Waals surface area contributed by atoms with Gasteiger partial charge in [-0.05, 0) is 43.0 Å². The lowest BCUT2D eigenvalue weighted by molar-refractivity contribution is -0.126. The molecule has 1 unspecified atom stereocenters. The number of benzene rings is 1. The Hall–Kier alpha value is -2.16. The lowest BCUT2D eigenvalue weighted by atomic mass is 9.97. The number of rotatable bonds is 8. The molecule has 1 aromatic carbocycles. The Morgan fingerprint density at radius 1 is 1.28 bits per heavy atom. The number of nitrogens with one attached hydrogen (secondary N) is 1. The Labute approximate surface area is 178 Å². The van der Waals surface area contributed by atoms with Crippen LogP contribution in [0.5, 0.6) is 0 Å². The fourth-order valence-corrected chi connectivity index (χ4v) is 4.87. The van der Waals surface area contributed by atoms with Crippen LogP contribution in [-0.2, 0) is 11.3 Å². The maximum atomic E-state index is 12.6. The zero-order chi connectivity index (χ0) is 19.9. The Morgan fingerprint density at radius 3 is 3.00 bits per heavy atom. The van der Waals surface area contributed by atoms with Crippen LogP contribution in [0.15, 0.2) is 57.3 Å². The van der Waals surface area contributed by atoms with Crippen molar-refractivity contribution >= 4 is 29.0 Å². The number of hydrogen-bond acceptors (Lipinski definition) is 7. The van der Waals surface area contributed by atoms with E-state index in [2.05, 4.69) is 32.5 Å². The van der Waals surface area contributed by atoms with Gasteiger partial charge in [-0.2, -0.15) is 4.98 Å². The number of carbonyl (C=O) groups excluding carboxylic acids is 1. The van der Waals surface area contributed by atoms with Crippen molar-refractivity contribution in [3.63, 3.8) is 0 Å². The third kappa shape index (κ3) is 5.68. The smallest absolute Gasteiger partial charge is 0.241 e. The van der Waals surface area contributed by atoms with Crippen molar-refractivity contribution < 1.29 is 9.32 Å². The zero-order valence-electron chi connectivity index (χ0n) is 16.1. The summed E-state index contributed by atoms with van der Waals surface area (Å²) in [7, 11) is 0. The van der Waals surface area contributed by atoms with Crippen molar-refractivity contribution in [2.75, 3.05) is 25.4 Å². The SMILES string of the molecule is O=C(NCCSc1ccccc1)C1CCCN(Cc2nc(-c3cccs3)no2)C1. The molecule has 29 heavy (non-hydrogen) atoms. The summed E-state index contributed by atoms with van der Waals surface area (Å²) in [6.07, 6.45) is 1.93. The largest absolute Gasteiger partial charge is 0.355 e. The molecule has 1 aliphatic rings. The van der Waals surface area contributed by atoms with Crippen LogP contribution in [0.1, 0.15) is 18.7 Å². The van der Waals surface area contributed by atoms with Gasteiger partial charge in [-0.3, -0.25) is 9.69 Å². The molecule has 1 aliphatic heterocycles. The van der Waals surface area contributed by atoms with Gasteiger partial charge in [-0.15, -0.1) is 23.1 Å². The summed E-state index contributed by atoms with van der Waals surface area (Å²) < 4.78 is 5.41. The molecule has 0 spiro atoms. The first-order valence-corrected chi connectivity index (χ1v) is 11.7. The Balaban J connectivity index is 1.22. The number of carbonyl (C=O) groups is 1. The van der Waals surface area contributed by atoms with Crippen LogP contribution in [0.2, 0.25) is 0 Å². The van der Waals surface area contributed by atoms with Crippen LogP contribution >= 0.6 is 23.1 Å². The molecule has 3 aromatic rings. The second kappa shape index (κ2) is 10.0. The van der Waals surface area contributed by atoms with E-state index in [-0.39, 0.29) is 11.8 Å². The van der Waals surface area contributed by atoms with Gasteiger partial charge in [-0.1, -0.05) is 29.4 Å². The number of amides is 1. The predicted molar refractivity (Wildman–Crippen MR) is 116 cm³/mol. The van der Waals surface area contributed by atoms with Crippen LogP contribution in [0, 0.1) is 5.92 Å². The van der Waals surface area contributed by atoms with E-state index >= 15 is 0 Å². The first-order valence-electron chi connectivity index (χ1n) is 9.82. The van der Waals surface area contributed by atoms with Gasteiger partial charge < -0.3 is 9.84 Å². The molecule has 1 saturated heterocycles. The summed E-state index contributed by atoms with van der Waals surface area (Å²) >= 11 is 3.35. The fourth-order valence-electron chi connectivity index (χ4n) is 3.43. The van der Waals surface area contributed by atoms with Crippen molar-refractivity contribution in [3.05, 3.63) is 53.7 Å². The maximum absolute atomic E-state index is 12.6. The van der Waals surface area contributed by atoms with Gasteiger partial charge in [0.1, 0.15) is 0 Å². The molecule has 0 aliphatic carbocycles. The second-order valence-electron chi connectivity index (χ2n) is 7.02. The standard InChI is InChI=1S/C21H24N4O2S2/c26-21(22-10-13-28-17-7-2-1-3-8-17)16-6-4-11-25(14-16)15-19-23-20(24-27-19)18-9-5-12-29-18/h1-3,5,7-9,12,16H,4,6,10-11,13-15H2,(H,22,26). The Bertz CT molecular complexity index is 899. The fraction of sp³-hybridized carbons (Fsp3) is 0.381. The van der Waals surface area contributed by atoms with Gasteiger partial charge in [-0.25, -0.2) is 0 Å². The van der Waals surface area contributed by atoms with Crippen LogP contribution in [0.3, 0.4) is 0 Å². The minimum Gasteiger partial charge on any atom is -0.355 e. The molecule has 8 heteroatoms. The van der Waals surface area contributed by atoms with E-state index in [0.29, 0.717) is 24.8 Å². The number of piperidine rings is 1. The highest BCUT2D eigenvalue weighted by atomic mass is 32.2. The summed E-state index contributed by atoms with van der Waals surface area (Å²) in [4.78, 5) is 21.5. The first-order chi connectivity index (χ1) is 14.3. The molecule has 152 valence electrons. The summed E-state index contributed by atoms with van der Waals surface area (Å²) in [6.45, 7) is 2.95. The number of thiophene rings is 1. The minimum absolute atomic E-state index is 0.0187. The molecular weight excluding hydrogens is 404 g/mol. The summed E-state index contributed by atoms with van der Waals surface area (Å²) in [5, 5.41) is 9.16. The molecule has 0 radical (unpaired) electrons.